The summed E-state index contributed by atoms with van der Waals surface area (Å²) in [6.07, 6.45) is 0. The molecular formula is C7H12NOSY+2. The largest absolute Gasteiger partial charge is 3.00 e. The average Bonchev–Trinajstić information content (AvgIpc) is 1.79. The van der Waals surface area contributed by atoms with E-state index in [1.165, 1.54) is 0 Å². The standard InChI is InChI=1S/C7H13NOS.Y/c1-4-5(7(2,3)10)8-6(4)9;/h4-5,10H,1-3H3,(H,8,9);/q;+3/p-1. The summed E-state index contributed by atoms with van der Waals surface area (Å²) in [6, 6.07) is 0.190. The molecule has 1 saturated heterocycles. The van der Waals surface area contributed by atoms with Gasteiger partial charge in [-0.3, -0.25) is 4.79 Å². The van der Waals surface area contributed by atoms with Gasteiger partial charge in [0.15, 0.2) is 0 Å². The molecule has 11 heavy (non-hydrogen) atoms. The molecule has 0 spiro atoms. The van der Waals surface area contributed by atoms with Gasteiger partial charge in [0.1, 0.15) is 0 Å². The summed E-state index contributed by atoms with van der Waals surface area (Å²) in [5, 5.41) is 2.79. The maximum Gasteiger partial charge on any atom is 3.00 e. The Balaban J connectivity index is 0.000001000. The summed E-state index contributed by atoms with van der Waals surface area (Å²) < 4.78 is -0.201. The third-order valence-corrected chi connectivity index (χ3v) is 2.21. The Morgan fingerprint density at radius 3 is 2.09 bits per heavy atom. The van der Waals surface area contributed by atoms with E-state index in [9.17, 15) is 4.79 Å². The van der Waals surface area contributed by atoms with Gasteiger partial charge in [0, 0.05) is 6.04 Å². The van der Waals surface area contributed by atoms with Gasteiger partial charge >= 0.3 is 32.7 Å². The second-order valence-electron chi connectivity index (χ2n) is 3.38. The molecule has 1 N–H and O–H groups in total. The van der Waals surface area contributed by atoms with E-state index in [-0.39, 0.29) is 55.3 Å². The van der Waals surface area contributed by atoms with Crippen molar-refractivity contribution < 1.29 is 37.5 Å². The second-order valence-corrected chi connectivity index (χ2v) is 4.43. The first-order valence-electron chi connectivity index (χ1n) is 3.43. The van der Waals surface area contributed by atoms with Crippen LogP contribution in [0.1, 0.15) is 20.8 Å². The quantitative estimate of drug-likeness (QED) is 0.538. The molecule has 0 saturated carbocycles. The van der Waals surface area contributed by atoms with Gasteiger partial charge in [-0.2, -0.15) is 0 Å². The van der Waals surface area contributed by atoms with E-state index >= 15 is 0 Å². The van der Waals surface area contributed by atoms with Crippen LogP contribution in [0.3, 0.4) is 0 Å². The number of carbonyl (C=O) groups is 1. The summed E-state index contributed by atoms with van der Waals surface area (Å²) in [6.45, 7) is 5.84. The van der Waals surface area contributed by atoms with Gasteiger partial charge in [-0.15, -0.1) is 4.75 Å². The zero-order valence-corrected chi connectivity index (χ0v) is 10.7. The van der Waals surface area contributed by atoms with Crippen molar-refractivity contribution in [3.05, 3.63) is 0 Å². The molecule has 1 fully saturated rings. The van der Waals surface area contributed by atoms with Gasteiger partial charge in [0.25, 0.3) is 0 Å². The van der Waals surface area contributed by atoms with Crippen LogP contribution in [0, 0.1) is 5.92 Å². The van der Waals surface area contributed by atoms with Crippen LogP contribution < -0.4 is 5.32 Å². The molecule has 4 heteroatoms. The Bertz CT molecular complexity index is 166. The normalized spacial score (nSPS) is 30.0. The van der Waals surface area contributed by atoms with Crippen LogP contribution in [-0.2, 0) is 50.1 Å². The molecule has 1 heterocycles. The van der Waals surface area contributed by atoms with E-state index in [2.05, 4.69) is 5.32 Å². The third kappa shape index (κ3) is 2.43. The van der Waals surface area contributed by atoms with Crippen molar-refractivity contribution in [1.29, 1.82) is 0 Å². The summed E-state index contributed by atoms with van der Waals surface area (Å²) in [5.74, 6) is 0.232. The molecule has 2 unspecified atom stereocenters. The molecule has 0 aromatic carbocycles. The molecular weight excluding hydrogens is 235 g/mol. The Morgan fingerprint density at radius 1 is 1.55 bits per heavy atom. The predicted molar refractivity (Wildman–Crippen MR) is 42.5 cm³/mol. The van der Waals surface area contributed by atoms with Crippen molar-refractivity contribution in [3.63, 3.8) is 0 Å². The summed E-state index contributed by atoms with van der Waals surface area (Å²) >= 11 is 5.17. The van der Waals surface area contributed by atoms with E-state index in [4.69, 9.17) is 12.6 Å². The molecule has 0 bridgehead atoms. The fourth-order valence-electron chi connectivity index (χ4n) is 1.24. The van der Waals surface area contributed by atoms with Gasteiger partial charge < -0.3 is 17.9 Å². The fraction of sp³-hybridized carbons (Fsp3) is 0.857. The zero-order chi connectivity index (χ0) is 7.94. The first-order chi connectivity index (χ1) is 4.43. The number of hydrogen-bond donors (Lipinski definition) is 1. The van der Waals surface area contributed by atoms with E-state index in [0.717, 1.165) is 0 Å². The van der Waals surface area contributed by atoms with Crippen molar-refractivity contribution >= 4 is 18.5 Å². The number of rotatable bonds is 1. The van der Waals surface area contributed by atoms with Crippen molar-refractivity contribution in [2.75, 3.05) is 0 Å². The van der Waals surface area contributed by atoms with E-state index in [1.807, 2.05) is 20.8 Å². The van der Waals surface area contributed by atoms with Crippen LogP contribution in [0.15, 0.2) is 0 Å². The Morgan fingerprint density at radius 2 is 2.00 bits per heavy atom. The van der Waals surface area contributed by atoms with Gasteiger partial charge in [0.2, 0.25) is 5.91 Å². The van der Waals surface area contributed by atoms with Crippen molar-refractivity contribution in [3.8, 4) is 0 Å². The van der Waals surface area contributed by atoms with Crippen LogP contribution in [0.2, 0.25) is 0 Å². The van der Waals surface area contributed by atoms with E-state index < -0.39 is 0 Å². The van der Waals surface area contributed by atoms with Crippen LogP contribution in [0.4, 0.5) is 0 Å². The van der Waals surface area contributed by atoms with Gasteiger partial charge in [0.05, 0.1) is 5.92 Å². The molecule has 2 nitrogen and oxygen atoms in total. The molecule has 0 radical (unpaired) electrons. The monoisotopic (exact) mass is 247 g/mol. The zero-order valence-electron chi connectivity index (χ0n) is 7.05. The smallest absolute Gasteiger partial charge is 0.784 e. The Labute approximate surface area is 98.2 Å². The molecule has 0 aromatic rings. The first-order valence-corrected chi connectivity index (χ1v) is 3.84. The average molecular weight is 247 g/mol. The van der Waals surface area contributed by atoms with Gasteiger partial charge in [-0.05, 0) is 0 Å². The van der Waals surface area contributed by atoms with Gasteiger partial charge in [-0.1, -0.05) is 20.8 Å². The van der Waals surface area contributed by atoms with Crippen molar-refractivity contribution in [2.24, 2.45) is 5.92 Å². The molecule has 2 atom stereocenters. The minimum atomic E-state index is -0.201. The van der Waals surface area contributed by atoms with E-state index in [1.54, 1.807) is 0 Å². The molecule has 1 amide bonds. The minimum Gasteiger partial charge on any atom is -0.784 e. The minimum absolute atomic E-state index is 0. The number of hydrogen-bond acceptors (Lipinski definition) is 2. The molecule has 1 rings (SSSR count). The number of β-lactam (4-membered cyclic amide) rings is 1. The Kier molecular flexibility index (Phi) is 4.07. The summed E-state index contributed by atoms with van der Waals surface area (Å²) in [5.41, 5.74) is 0. The summed E-state index contributed by atoms with van der Waals surface area (Å²) in [4.78, 5) is 10.7. The van der Waals surface area contributed by atoms with Crippen LogP contribution >= 0.6 is 0 Å². The van der Waals surface area contributed by atoms with Crippen LogP contribution in [-0.4, -0.2) is 16.7 Å². The topological polar surface area (TPSA) is 29.1 Å². The molecule has 0 aromatic heterocycles. The number of carbonyl (C=O) groups excluding carboxylic acids is 1. The van der Waals surface area contributed by atoms with E-state index in [0.29, 0.717) is 0 Å². The molecule has 58 valence electrons. The summed E-state index contributed by atoms with van der Waals surface area (Å²) in [7, 11) is 0. The van der Waals surface area contributed by atoms with Crippen LogP contribution in [0.25, 0.3) is 0 Å². The molecule has 0 aliphatic carbocycles. The van der Waals surface area contributed by atoms with Gasteiger partial charge in [-0.25, -0.2) is 0 Å². The fourth-order valence-corrected chi connectivity index (χ4v) is 1.50. The van der Waals surface area contributed by atoms with Crippen LogP contribution in [0.5, 0.6) is 0 Å². The number of amides is 1. The van der Waals surface area contributed by atoms with Crippen molar-refractivity contribution in [2.45, 2.75) is 31.6 Å². The first kappa shape index (κ1) is 11.9. The molecule has 1 aliphatic heterocycles. The molecule has 1 aliphatic rings. The Hall–Kier alpha value is 0.924. The second kappa shape index (κ2) is 3.76. The SMILES string of the molecule is CC1C(=O)NC1C(C)(C)[S-].[Y+3]. The maximum atomic E-state index is 10.7. The third-order valence-electron chi connectivity index (χ3n) is 1.96. The number of nitrogens with one attached hydrogen (secondary N) is 1. The maximum absolute atomic E-state index is 10.7. The predicted octanol–water partition coefficient (Wildman–Crippen LogP) is 0.444. The van der Waals surface area contributed by atoms with Crippen molar-refractivity contribution in [1.82, 2.24) is 5.32 Å².